The largest absolute Gasteiger partial charge is 0.465 e. The second kappa shape index (κ2) is 8.98. The van der Waals surface area contributed by atoms with Crippen molar-refractivity contribution in [2.75, 3.05) is 19.7 Å². The standard InChI is InChI=1S/C16H30N2O4/c1-5-21-14(19)11-17-13-9-7-6-8-12(13)10-18-15(20)22-16(2,3)4/h12-13,17H,5-11H2,1-4H3,(H,18,20). The highest BCUT2D eigenvalue weighted by Gasteiger charge is 2.26. The molecule has 2 N–H and O–H groups in total. The maximum absolute atomic E-state index is 11.7. The number of nitrogens with one attached hydrogen (secondary N) is 2. The molecule has 0 saturated heterocycles. The van der Waals surface area contributed by atoms with E-state index in [0.29, 0.717) is 19.1 Å². The second-order valence-corrected chi connectivity index (χ2v) is 6.72. The molecule has 0 aliphatic heterocycles. The topological polar surface area (TPSA) is 76.7 Å². The van der Waals surface area contributed by atoms with Gasteiger partial charge < -0.3 is 20.1 Å². The first-order chi connectivity index (χ1) is 10.3. The van der Waals surface area contributed by atoms with Gasteiger partial charge in [-0.1, -0.05) is 12.8 Å². The third-order valence-electron chi connectivity index (χ3n) is 3.63. The van der Waals surface area contributed by atoms with Gasteiger partial charge in [0.05, 0.1) is 13.2 Å². The molecule has 6 heteroatoms. The first kappa shape index (κ1) is 18.7. The zero-order valence-electron chi connectivity index (χ0n) is 14.2. The van der Waals surface area contributed by atoms with Gasteiger partial charge in [-0.3, -0.25) is 4.79 Å². The van der Waals surface area contributed by atoms with E-state index in [-0.39, 0.29) is 24.6 Å². The predicted octanol–water partition coefficient (Wildman–Crippen LogP) is 2.22. The van der Waals surface area contributed by atoms with E-state index in [1.165, 1.54) is 0 Å². The Morgan fingerprint density at radius 3 is 2.50 bits per heavy atom. The molecule has 1 aliphatic carbocycles. The maximum atomic E-state index is 11.7. The Bertz CT molecular complexity index is 366. The quantitative estimate of drug-likeness (QED) is 0.735. The smallest absolute Gasteiger partial charge is 0.407 e. The Kier molecular flexibility index (Phi) is 7.65. The number of hydrogen-bond acceptors (Lipinski definition) is 5. The van der Waals surface area contributed by atoms with Crippen molar-refractivity contribution in [2.45, 2.75) is 65.0 Å². The summed E-state index contributed by atoms with van der Waals surface area (Å²) in [6.45, 7) is 8.52. The van der Waals surface area contributed by atoms with E-state index in [9.17, 15) is 9.59 Å². The van der Waals surface area contributed by atoms with Crippen LogP contribution in [-0.2, 0) is 14.3 Å². The van der Waals surface area contributed by atoms with Crippen LogP contribution in [0.15, 0.2) is 0 Å². The molecular formula is C16H30N2O4. The molecule has 1 rings (SSSR count). The zero-order chi connectivity index (χ0) is 16.6. The van der Waals surface area contributed by atoms with E-state index in [0.717, 1.165) is 25.7 Å². The van der Waals surface area contributed by atoms with Crippen LogP contribution in [0.3, 0.4) is 0 Å². The fourth-order valence-electron chi connectivity index (χ4n) is 2.68. The van der Waals surface area contributed by atoms with E-state index >= 15 is 0 Å². The van der Waals surface area contributed by atoms with Crippen LogP contribution in [0.4, 0.5) is 4.79 Å². The minimum absolute atomic E-state index is 0.224. The summed E-state index contributed by atoms with van der Waals surface area (Å²) < 4.78 is 10.2. The molecule has 0 radical (unpaired) electrons. The van der Waals surface area contributed by atoms with Gasteiger partial charge in [-0.2, -0.15) is 0 Å². The summed E-state index contributed by atoms with van der Waals surface area (Å²) in [5.74, 6) is 0.0858. The van der Waals surface area contributed by atoms with Crippen molar-refractivity contribution in [2.24, 2.45) is 5.92 Å². The van der Waals surface area contributed by atoms with E-state index in [4.69, 9.17) is 9.47 Å². The molecule has 1 amide bonds. The number of esters is 1. The Balaban J connectivity index is 2.38. The highest BCUT2D eigenvalue weighted by atomic mass is 16.6. The SMILES string of the molecule is CCOC(=O)CNC1CCCCC1CNC(=O)OC(C)(C)C. The zero-order valence-corrected chi connectivity index (χ0v) is 14.2. The summed E-state index contributed by atoms with van der Waals surface area (Å²) in [6, 6.07) is 0.230. The number of ether oxygens (including phenoxy) is 2. The van der Waals surface area contributed by atoms with Crippen molar-refractivity contribution in [1.82, 2.24) is 10.6 Å². The summed E-state index contributed by atoms with van der Waals surface area (Å²) >= 11 is 0. The minimum Gasteiger partial charge on any atom is -0.465 e. The van der Waals surface area contributed by atoms with Crippen molar-refractivity contribution in [3.05, 3.63) is 0 Å². The lowest BCUT2D eigenvalue weighted by molar-refractivity contribution is -0.142. The normalized spacial score (nSPS) is 22.0. The fraction of sp³-hybridized carbons (Fsp3) is 0.875. The first-order valence-corrected chi connectivity index (χ1v) is 8.17. The van der Waals surface area contributed by atoms with Crippen LogP contribution in [0.1, 0.15) is 53.4 Å². The van der Waals surface area contributed by atoms with Gasteiger partial charge in [0.15, 0.2) is 0 Å². The number of rotatable bonds is 6. The Labute approximate surface area is 133 Å². The molecule has 1 fully saturated rings. The molecule has 0 heterocycles. The monoisotopic (exact) mass is 314 g/mol. The van der Waals surface area contributed by atoms with Crippen LogP contribution in [0, 0.1) is 5.92 Å². The highest BCUT2D eigenvalue weighted by molar-refractivity contribution is 5.71. The molecule has 6 nitrogen and oxygen atoms in total. The maximum Gasteiger partial charge on any atom is 0.407 e. The summed E-state index contributed by atoms with van der Waals surface area (Å²) in [5.41, 5.74) is -0.488. The molecule has 1 aliphatic rings. The lowest BCUT2D eigenvalue weighted by Crippen LogP contribution is -2.46. The van der Waals surface area contributed by atoms with Crippen LogP contribution >= 0.6 is 0 Å². The summed E-state index contributed by atoms with van der Waals surface area (Å²) in [5, 5.41) is 6.10. The third kappa shape index (κ3) is 7.64. The second-order valence-electron chi connectivity index (χ2n) is 6.72. The first-order valence-electron chi connectivity index (χ1n) is 8.17. The predicted molar refractivity (Wildman–Crippen MR) is 84.6 cm³/mol. The third-order valence-corrected chi connectivity index (χ3v) is 3.63. The van der Waals surface area contributed by atoms with Gasteiger partial charge in [-0.25, -0.2) is 4.79 Å². The Morgan fingerprint density at radius 1 is 1.18 bits per heavy atom. The Morgan fingerprint density at radius 2 is 1.86 bits per heavy atom. The van der Waals surface area contributed by atoms with Gasteiger partial charge in [0.25, 0.3) is 0 Å². The van der Waals surface area contributed by atoms with Crippen LogP contribution in [0.5, 0.6) is 0 Å². The van der Waals surface area contributed by atoms with E-state index in [1.54, 1.807) is 6.92 Å². The lowest BCUT2D eigenvalue weighted by atomic mass is 9.84. The van der Waals surface area contributed by atoms with Crippen LogP contribution in [0.2, 0.25) is 0 Å². The highest BCUT2D eigenvalue weighted by Crippen LogP contribution is 2.24. The molecule has 1 saturated carbocycles. The molecule has 128 valence electrons. The number of hydrogen-bond donors (Lipinski definition) is 2. The molecule has 0 spiro atoms. The molecule has 0 bridgehead atoms. The van der Waals surface area contributed by atoms with Crippen molar-refractivity contribution < 1.29 is 19.1 Å². The van der Waals surface area contributed by atoms with Gasteiger partial charge in [-0.05, 0) is 46.5 Å². The summed E-state index contributed by atoms with van der Waals surface area (Å²) in [7, 11) is 0. The van der Waals surface area contributed by atoms with Crippen molar-refractivity contribution in [3.63, 3.8) is 0 Å². The van der Waals surface area contributed by atoms with Crippen LogP contribution < -0.4 is 10.6 Å². The van der Waals surface area contributed by atoms with Gasteiger partial charge >= 0.3 is 12.1 Å². The van der Waals surface area contributed by atoms with E-state index in [2.05, 4.69) is 10.6 Å². The van der Waals surface area contributed by atoms with Gasteiger partial charge in [-0.15, -0.1) is 0 Å². The van der Waals surface area contributed by atoms with Crippen LogP contribution in [0.25, 0.3) is 0 Å². The molecule has 0 aromatic carbocycles. The minimum atomic E-state index is -0.488. The fourth-order valence-corrected chi connectivity index (χ4v) is 2.68. The van der Waals surface area contributed by atoms with Gasteiger partial charge in [0.2, 0.25) is 0 Å². The number of alkyl carbamates (subject to hydrolysis) is 1. The summed E-state index contributed by atoms with van der Waals surface area (Å²) in [6.07, 6.45) is 3.96. The average molecular weight is 314 g/mol. The Hall–Kier alpha value is -1.30. The van der Waals surface area contributed by atoms with Gasteiger partial charge in [0, 0.05) is 12.6 Å². The van der Waals surface area contributed by atoms with Crippen LogP contribution in [-0.4, -0.2) is 43.4 Å². The van der Waals surface area contributed by atoms with Crippen molar-refractivity contribution >= 4 is 12.1 Å². The molecule has 2 atom stereocenters. The molecule has 0 aromatic rings. The lowest BCUT2D eigenvalue weighted by Gasteiger charge is -2.32. The molecule has 2 unspecified atom stereocenters. The number of amides is 1. The molecular weight excluding hydrogens is 284 g/mol. The van der Waals surface area contributed by atoms with Crippen molar-refractivity contribution in [1.29, 1.82) is 0 Å². The average Bonchev–Trinajstić information content (AvgIpc) is 2.42. The van der Waals surface area contributed by atoms with Crippen molar-refractivity contribution in [3.8, 4) is 0 Å². The molecule has 22 heavy (non-hydrogen) atoms. The summed E-state index contributed by atoms with van der Waals surface area (Å²) in [4.78, 5) is 23.2. The number of carbonyl (C=O) groups excluding carboxylic acids is 2. The van der Waals surface area contributed by atoms with E-state index in [1.807, 2.05) is 20.8 Å². The molecule has 0 aromatic heterocycles. The number of carbonyl (C=O) groups is 2. The van der Waals surface area contributed by atoms with E-state index < -0.39 is 5.60 Å². The van der Waals surface area contributed by atoms with Gasteiger partial charge in [0.1, 0.15) is 5.60 Å².